The third-order valence-electron chi connectivity index (χ3n) is 3.71. The average molecular weight is 422 g/mol. The molecule has 0 fully saturated rings. The van der Waals surface area contributed by atoms with Gasteiger partial charge in [-0.2, -0.15) is 0 Å². The van der Waals surface area contributed by atoms with E-state index in [0.29, 0.717) is 27.4 Å². The fraction of sp³-hybridized carbons (Fsp3) is 0.0952. The Labute approximate surface area is 172 Å². The molecule has 0 saturated carbocycles. The van der Waals surface area contributed by atoms with Crippen LogP contribution in [0.5, 0.6) is 5.75 Å². The molecule has 3 rings (SSSR count). The van der Waals surface area contributed by atoms with Crippen molar-refractivity contribution < 1.29 is 14.3 Å². The van der Waals surface area contributed by atoms with Crippen molar-refractivity contribution in [1.29, 1.82) is 0 Å². The molecular formula is C21H15Cl3O3. The summed E-state index contributed by atoms with van der Waals surface area (Å²) < 4.78 is 11.1. The summed E-state index contributed by atoms with van der Waals surface area (Å²) in [4.78, 5) is 12.4. The smallest absolute Gasteiger partial charge is 0.340 e. The third kappa shape index (κ3) is 5.64. The van der Waals surface area contributed by atoms with Gasteiger partial charge < -0.3 is 9.47 Å². The zero-order valence-corrected chi connectivity index (χ0v) is 16.4. The van der Waals surface area contributed by atoms with E-state index in [1.165, 1.54) is 0 Å². The second kappa shape index (κ2) is 9.14. The van der Waals surface area contributed by atoms with Crippen LogP contribution in [0.3, 0.4) is 0 Å². The van der Waals surface area contributed by atoms with Gasteiger partial charge in [0.15, 0.2) is 0 Å². The molecule has 0 heterocycles. The Morgan fingerprint density at radius 1 is 0.778 bits per heavy atom. The Morgan fingerprint density at radius 2 is 1.41 bits per heavy atom. The maximum atomic E-state index is 12.4. The largest absolute Gasteiger partial charge is 0.489 e. The predicted octanol–water partition coefficient (Wildman–Crippen LogP) is 6.58. The molecule has 0 saturated heterocycles. The molecule has 0 bridgehead atoms. The van der Waals surface area contributed by atoms with Crippen LogP contribution in [0.2, 0.25) is 15.1 Å². The lowest BCUT2D eigenvalue weighted by atomic mass is 10.2. The molecule has 0 atom stereocenters. The highest BCUT2D eigenvalue weighted by Crippen LogP contribution is 2.24. The first-order valence-electron chi connectivity index (χ1n) is 8.09. The van der Waals surface area contributed by atoms with E-state index in [4.69, 9.17) is 44.3 Å². The molecular weight excluding hydrogens is 407 g/mol. The number of hydrogen-bond acceptors (Lipinski definition) is 3. The second-order valence-corrected chi connectivity index (χ2v) is 7.05. The zero-order chi connectivity index (χ0) is 19.2. The molecule has 0 spiro atoms. The molecule has 3 aromatic rings. The molecule has 3 nitrogen and oxygen atoms in total. The summed E-state index contributed by atoms with van der Waals surface area (Å²) >= 11 is 18.0. The van der Waals surface area contributed by atoms with Crippen LogP contribution in [0.15, 0.2) is 66.7 Å². The monoisotopic (exact) mass is 420 g/mol. The van der Waals surface area contributed by atoms with Gasteiger partial charge in [0, 0.05) is 10.0 Å². The fourth-order valence-corrected chi connectivity index (χ4v) is 3.02. The van der Waals surface area contributed by atoms with E-state index in [0.717, 1.165) is 11.1 Å². The average Bonchev–Trinajstić information content (AvgIpc) is 2.65. The van der Waals surface area contributed by atoms with Crippen molar-refractivity contribution in [2.24, 2.45) is 0 Å². The van der Waals surface area contributed by atoms with Gasteiger partial charge in [0.2, 0.25) is 0 Å². The summed E-state index contributed by atoms with van der Waals surface area (Å²) in [6.07, 6.45) is 0. The van der Waals surface area contributed by atoms with Gasteiger partial charge in [-0.3, -0.25) is 0 Å². The lowest BCUT2D eigenvalue weighted by Gasteiger charge is -2.10. The SMILES string of the molecule is O=C(OCc1cccc(Cl)c1)c1cc(OCc2cccc(Cl)c2)ccc1Cl. The summed E-state index contributed by atoms with van der Waals surface area (Å²) in [5.41, 5.74) is 1.95. The van der Waals surface area contributed by atoms with Gasteiger partial charge in [-0.15, -0.1) is 0 Å². The Morgan fingerprint density at radius 3 is 2.04 bits per heavy atom. The number of esters is 1. The quantitative estimate of drug-likeness (QED) is 0.422. The normalized spacial score (nSPS) is 10.5. The molecule has 0 aliphatic rings. The maximum absolute atomic E-state index is 12.4. The Balaban J connectivity index is 1.66. The minimum atomic E-state index is -0.534. The van der Waals surface area contributed by atoms with Crippen LogP contribution in [0.4, 0.5) is 0 Å². The molecule has 0 aliphatic heterocycles. The van der Waals surface area contributed by atoms with E-state index >= 15 is 0 Å². The van der Waals surface area contributed by atoms with Crippen LogP contribution >= 0.6 is 34.8 Å². The molecule has 0 N–H and O–H groups in total. The summed E-state index contributed by atoms with van der Waals surface area (Å²) in [5, 5.41) is 1.51. The van der Waals surface area contributed by atoms with Gasteiger partial charge in [-0.25, -0.2) is 4.79 Å². The van der Waals surface area contributed by atoms with E-state index in [9.17, 15) is 4.79 Å². The Hall–Kier alpha value is -2.20. The maximum Gasteiger partial charge on any atom is 0.340 e. The highest BCUT2D eigenvalue weighted by molar-refractivity contribution is 6.33. The number of hydrogen-bond donors (Lipinski definition) is 0. The standard InChI is InChI=1S/C21H15Cl3O3/c22-16-5-1-3-14(9-16)12-26-18-7-8-20(24)19(11-18)21(25)27-13-15-4-2-6-17(23)10-15/h1-11H,12-13H2. The van der Waals surface area contributed by atoms with Gasteiger partial charge in [-0.1, -0.05) is 59.1 Å². The number of halogens is 3. The lowest BCUT2D eigenvalue weighted by Crippen LogP contribution is -2.06. The van der Waals surface area contributed by atoms with Crippen LogP contribution in [-0.2, 0) is 18.0 Å². The topological polar surface area (TPSA) is 35.5 Å². The number of rotatable bonds is 6. The van der Waals surface area contributed by atoms with Crippen molar-refractivity contribution >= 4 is 40.8 Å². The molecule has 6 heteroatoms. The van der Waals surface area contributed by atoms with E-state index in [1.54, 1.807) is 42.5 Å². The van der Waals surface area contributed by atoms with Gasteiger partial charge in [0.05, 0.1) is 10.6 Å². The first-order valence-corrected chi connectivity index (χ1v) is 9.23. The lowest BCUT2D eigenvalue weighted by molar-refractivity contribution is 0.0472. The van der Waals surface area contributed by atoms with Gasteiger partial charge >= 0.3 is 5.97 Å². The van der Waals surface area contributed by atoms with Crippen LogP contribution in [0, 0.1) is 0 Å². The van der Waals surface area contributed by atoms with Crippen LogP contribution < -0.4 is 4.74 Å². The van der Waals surface area contributed by atoms with Gasteiger partial charge in [0.25, 0.3) is 0 Å². The molecule has 27 heavy (non-hydrogen) atoms. The van der Waals surface area contributed by atoms with E-state index in [1.807, 2.05) is 24.3 Å². The second-order valence-electron chi connectivity index (χ2n) is 5.77. The Bertz CT molecular complexity index is 957. The Kier molecular flexibility index (Phi) is 6.62. The molecule has 0 amide bonds. The number of ether oxygens (including phenoxy) is 2. The molecule has 0 aliphatic carbocycles. The predicted molar refractivity (Wildman–Crippen MR) is 108 cm³/mol. The van der Waals surface area contributed by atoms with Crippen molar-refractivity contribution in [3.8, 4) is 5.75 Å². The highest BCUT2D eigenvalue weighted by atomic mass is 35.5. The molecule has 0 unspecified atom stereocenters. The van der Waals surface area contributed by atoms with Crippen LogP contribution in [0.1, 0.15) is 21.5 Å². The highest BCUT2D eigenvalue weighted by Gasteiger charge is 2.14. The first-order chi connectivity index (χ1) is 13.0. The number of carbonyl (C=O) groups excluding carboxylic acids is 1. The summed E-state index contributed by atoms with van der Waals surface area (Å²) in [6, 6.07) is 19.3. The molecule has 138 valence electrons. The summed E-state index contributed by atoms with van der Waals surface area (Å²) in [6.45, 7) is 0.419. The minimum absolute atomic E-state index is 0.101. The van der Waals surface area contributed by atoms with Gasteiger partial charge in [0.1, 0.15) is 19.0 Å². The summed E-state index contributed by atoms with van der Waals surface area (Å²) in [7, 11) is 0. The van der Waals surface area contributed by atoms with Crippen molar-refractivity contribution in [3.05, 3.63) is 98.5 Å². The van der Waals surface area contributed by atoms with Crippen LogP contribution in [0.25, 0.3) is 0 Å². The molecule has 0 radical (unpaired) electrons. The van der Waals surface area contributed by atoms with Crippen molar-refractivity contribution in [2.75, 3.05) is 0 Å². The summed E-state index contributed by atoms with van der Waals surface area (Å²) in [5.74, 6) is -0.0257. The van der Waals surface area contributed by atoms with Crippen molar-refractivity contribution in [2.45, 2.75) is 13.2 Å². The van der Waals surface area contributed by atoms with E-state index < -0.39 is 5.97 Å². The van der Waals surface area contributed by atoms with Crippen LogP contribution in [-0.4, -0.2) is 5.97 Å². The van der Waals surface area contributed by atoms with E-state index in [-0.39, 0.29) is 12.2 Å². The minimum Gasteiger partial charge on any atom is -0.489 e. The third-order valence-corrected chi connectivity index (χ3v) is 4.51. The fourth-order valence-electron chi connectivity index (χ4n) is 2.40. The van der Waals surface area contributed by atoms with Crippen molar-refractivity contribution in [1.82, 2.24) is 0 Å². The van der Waals surface area contributed by atoms with E-state index in [2.05, 4.69) is 0 Å². The number of benzene rings is 3. The molecule has 3 aromatic carbocycles. The zero-order valence-electron chi connectivity index (χ0n) is 14.1. The number of carbonyl (C=O) groups is 1. The van der Waals surface area contributed by atoms with Crippen molar-refractivity contribution in [3.63, 3.8) is 0 Å². The molecule has 0 aromatic heterocycles. The van der Waals surface area contributed by atoms with Gasteiger partial charge in [-0.05, 0) is 53.6 Å². The first kappa shape index (κ1) is 19.6.